The number of alkyl halides is 2. The van der Waals surface area contributed by atoms with E-state index in [1.165, 1.54) is 36.4 Å². The predicted molar refractivity (Wildman–Crippen MR) is 86.0 cm³/mol. The third-order valence-corrected chi connectivity index (χ3v) is 3.82. The Labute approximate surface area is 142 Å². The van der Waals surface area contributed by atoms with E-state index in [0.29, 0.717) is 31.1 Å². The van der Waals surface area contributed by atoms with E-state index in [-0.39, 0.29) is 10.7 Å². The third-order valence-electron chi connectivity index (χ3n) is 3.51. The topological polar surface area (TPSA) is 47.6 Å². The largest absolute Gasteiger partial charge is 0.490 e. The van der Waals surface area contributed by atoms with Crippen molar-refractivity contribution in [3.05, 3.63) is 53.1 Å². The van der Waals surface area contributed by atoms with Crippen molar-refractivity contribution in [3.8, 4) is 11.5 Å². The number of anilines is 1. The minimum atomic E-state index is -3.69. The summed E-state index contributed by atoms with van der Waals surface area (Å²) in [4.78, 5) is 12.0. The molecule has 7 heteroatoms. The Bertz CT molecular complexity index is 753. The van der Waals surface area contributed by atoms with Gasteiger partial charge in [-0.05, 0) is 0 Å². The Kier molecular flexibility index (Phi) is 4.57. The summed E-state index contributed by atoms with van der Waals surface area (Å²) in [5.41, 5.74) is -0.352. The van der Waals surface area contributed by atoms with E-state index < -0.39 is 17.4 Å². The van der Waals surface area contributed by atoms with Crippen LogP contribution in [-0.4, -0.2) is 19.1 Å². The summed E-state index contributed by atoms with van der Waals surface area (Å²) in [6.45, 7) is 0.906. The summed E-state index contributed by atoms with van der Waals surface area (Å²) < 4.78 is 39.4. The second kappa shape index (κ2) is 6.65. The molecule has 0 saturated heterocycles. The molecule has 0 radical (unpaired) electrons. The normalized spacial score (nSPS) is 14.0. The first-order chi connectivity index (χ1) is 11.5. The lowest BCUT2D eigenvalue weighted by Crippen LogP contribution is -2.32. The maximum Gasteiger partial charge on any atom is 0.350 e. The summed E-state index contributed by atoms with van der Waals surface area (Å²) in [6, 6.07) is 9.69. The van der Waals surface area contributed by atoms with E-state index >= 15 is 0 Å². The summed E-state index contributed by atoms with van der Waals surface area (Å²) in [5.74, 6) is -4.38. The monoisotopic (exact) mass is 353 g/mol. The maximum absolute atomic E-state index is 14.3. The number of carbonyl (C=O) groups is 1. The summed E-state index contributed by atoms with van der Waals surface area (Å²) in [7, 11) is 0. The van der Waals surface area contributed by atoms with Gasteiger partial charge in [0.2, 0.25) is 0 Å². The molecule has 0 aromatic heterocycles. The Morgan fingerprint density at radius 1 is 1.08 bits per heavy atom. The molecule has 24 heavy (non-hydrogen) atoms. The second-order valence-electron chi connectivity index (χ2n) is 5.22. The third kappa shape index (κ3) is 3.28. The molecule has 1 aliphatic heterocycles. The van der Waals surface area contributed by atoms with E-state index in [1.807, 2.05) is 0 Å². The van der Waals surface area contributed by atoms with Crippen molar-refractivity contribution in [2.45, 2.75) is 12.3 Å². The SMILES string of the molecule is O=C(Nc1cc2c(cc1Cl)OCCCO2)C(F)(F)c1ccccc1. The predicted octanol–water partition coefficient (Wildman–Crippen LogP) is 4.23. The highest BCUT2D eigenvalue weighted by molar-refractivity contribution is 6.34. The van der Waals surface area contributed by atoms with Crippen LogP contribution < -0.4 is 14.8 Å². The maximum atomic E-state index is 14.3. The van der Waals surface area contributed by atoms with Gasteiger partial charge in [0.05, 0.1) is 23.9 Å². The zero-order chi connectivity index (χ0) is 17.2. The van der Waals surface area contributed by atoms with Crippen molar-refractivity contribution in [2.75, 3.05) is 18.5 Å². The van der Waals surface area contributed by atoms with Crippen LogP contribution in [0.5, 0.6) is 11.5 Å². The van der Waals surface area contributed by atoms with Crippen LogP contribution in [-0.2, 0) is 10.7 Å². The van der Waals surface area contributed by atoms with Crippen LogP contribution in [0.15, 0.2) is 42.5 Å². The summed E-state index contributed by atoms with van der Waals surface area (Å²) in [5, 5.41) is 2.26. The molecule has 1 aliphatic rings. The minimum Gasteiger partial charge on any atom is -0.490 e. The van der Waals surface area contributed by atoms with Gasteiger partial charge in [-0.3, -0.25) is 4.79 Å². The number of hydrogen-bond donors (Lipinski definition) is 1. The van der Waals surface area contributed by atoms with Gasteiger partial charge in [0.1, 0.15) is 0 Å². The molecule has 0 aliphatic carbocycles. The van der Waals surface area contributed by atoms with Gasteiger partial charge in [0, 0.05) is 24.1 Å². The van der Waals surface area contributed by atoms with E-state index in [4.69, 9.17) is 21.1 Å². The first-order valence-electron chi connectivity index (χ1n) is 7.32. The average Bonchev–Trinajstić information content (AvgIpc) is 2.80. The van der Waals surface area contributed by atoms with Crippen LogP contribution in [0.25, 0.3) is 0 Å². The minimum absolute atomic E-state index is 0.0431. The lowest BCUT2D eigenvalue weighted by atomic mass is 10.1. The molecule has 0 unspecified atom stereocenters. The molecule has 3 rings (SSSR count). The van der Waals surface area contributed by atoms with Crippen LogP contribution >= 0.6 is 11.6 Å². The van der Waals surface area contributed by atoms with Gasteiger partial charge in [0.25, 0.3) is 5.91 Å². The molecule has 2 aromatic rings. The van der Waals surface area contributed by atoms with Gasteiger partial charge >= 0.3 is 5.92 Å². The lowest BCUT2D eigenvalue weighted by Gasteiger charge is -2.18. The molecule has 1 heterocycles. The van der Waals surface area contributed by atoms with Crippen LogP contribution in [0, 0.1) is 0 Å². The Hall–Kier alpha value is -2.34. The van der Waals surface area contributed by atoms with Gasteiger partial charge in [-0.15, -0.1) is 0 Å². The van der Waals surface area contributed by atoms with Crippen LogP contribution in [0.4, 0.5) is 14.5 Å². The van der Waals surface area contributed by atoms with Gasteiger partial charge in [-0.1, -0.05) is 41.9 Å². The van der Waals surface area contributed by atoms with E-state index in [0.717, 1.165) is 0 Å². The van der Waals surface area contributed by atoms with Crippen molar-refractivity contribution >= 4 is 23.2 Å². The van der Waals surface area contributed by atoms with Crippen molar-refractivity contribution in [1.82, 2.24) is 0 Å². The quantitative estimate of drug-likeness (QED) is 0.898. The summed E-state index contributed by atoms with van der Waals surface area (Å²) in [6.07, 6.45) is 0.695. The molecule has 4 nitrogen and oxygen atoms in total. The zero-order valence-corrected chi connectivity index (χ0v) is 13.3. The van der Waals surface area contributed by atoms with Crippen molar-refractivity contribution in [3.63, 3.8) is 0 Å². The van der Waals surface area contributed by atoms with Crippen LogP contribution in [0.2, 0.25) is 5.02 Å². The number of fused-ring (bicyclic) bond motifs is 1. The van der Waals surface area contributed by atoms with Crippen LogP contribution in [0.3, 0.4) is 0 Å². The fourth-order valence-electron chi connectivity index (χ4n) is 2.26. The number of halogens is 3. The molecule has 0 fully saturated rings. The van der Waals surface area contributed by atoms with E-state index in [9.17, 15) is 13.6 Å². The Balaban J connectivity index is 1.85. The Morgan fingerprint density at radius 3 is 2.38 bits per heavy atom. The molecule has 1 N–H and O–H groups in total. The number of benzene rings is 2. The molecule has 0 atom stereocenters. The van der Waals surface area contributed by atoms with E-state index in [2.05, 4.69) is 5.32 Å². The highest BCUT2D eigenvalue weighted by Crippen LogP contribution is 2.39. The van der Waals surface area contributed by atoms with Gasteiger partial charge < -0.3 is 14.8 Å². The first-order valence-corrected chi connectivity index (χ1v) is 7.70. The average molecular weight is 354 g/mol. The molecule has 0 spiro atoms. The first kappa shape index (κ1) is 16.5. The number of rotatable bonds is 3. The second-order valence-corrected chi connectivity index (χ2v) is 5.63. The fraction of sp³-hybridized carbons (Fsp3) is 0.235. The molecule has 0 saturated carbocycles. The molecule has 1 amide bonds. The number of hydrogen-bond acceptors (Lipinski definition) is 3. The van der Waals surface area contributed by atoms with Crippen LogP contribution in [0.1, 0.15) is 12.0 Å². The van der Waals surface area contributed by atoms with Gasteiger partial charge in [0.15, 0.2) is 11.5 Å². The van der Waals surface area contributed by atoms with Crippen molar-refractivity contribution in [2.24, 2.45) is 0 Å². The van der Waals surface area contributed by atoms with Gasteiger partial charge in [-0.25, -0.2) is 0 Å². The molecule has 0 bridgehead atoms. The standard InChI is InChI=1S/C17H14ClF2NO3/c18-12-9-14-15(24-8-4-7-23-14)10-13(12)21-16(22)17(19,20)11-5-2-1-3-6-11/h1-3,5-6,9-10H,4,7-8H2,(H,21,22). The molecule has 126 valence electrons. The number of ether oxygens (including phenoxy) is 2. The van der Waals surface area contributed by atoms with Gasteiger partial charge in [-0.2, -0.15) is 8.78 Å². The smallest absolute Gasteiger partial charge is 0.350 e. The lowest BCUT2D eigenvalue weighted by molar-refractivity contribution is -0.140. The molecule has 2 aromatic carbocycles. The van der Waals surface area contributed by atoms with Crippen molar-refractivity contribution < 1.29 is 23.0 Å². The highest BCUT2D eigenvalue weighted by Gasteiger charge is 2.41. The van der Waals surface area contributed by atoms with Crippen molar-refractivity contribution in [1.29, 1.82) is 0 Å². The molecular weight excluding hydrogens is 340 g/mol. The number of nitrogens with one attached hydrogen (secondary N) is 1. The zero-order valence-electron chi connectivity index (χ0n) is 12.5. The highest BCUT2D eigenvalue weighted by atomic mass is 35.5. The number of amides is 1. The Morgan fingerprint density at radius 2 is 1.71 bits per heavy atom. The number of carbonyl (C=O) groups excluding carboxylic acids is 1. The van der Waals surface area contributed by atoms with E-state index in [1.54, 1.807) is 6.07 Å². The fourth-order valence-corrected chi connectivity index (χ4v) is 2.46. The summed E-state index contributed by atoms with van der Waals surface area (Å²) >= 11 is 6.06. The molecular formula is C17H14ClF2NO3.